The second kappa shape index (κ2) is 7.87. The van der Waals surface area contributed by atoms with Gasteiger partial charge in [0.2, 0.25) is 5.95 Å². The number of nitrogens with one attached hydrogen (secondary N) is 1. The van der Waals surface area contributed by atoms with Crippen LogP contribution in [0, 0.1) is 24.2 Å². The average molecular weight is 419 g/mol. The first-order valence-corrected chi connectivity index (χ1v) is 9.45. The molecule has 0 unspecified atom stereocenters. The van der Waals surface area contributed by atoms with E-state index in [1.807, 2.05) is 6.07 Å². The van der Waals surface area contributed by atoms with E-state index < -0.39 is 11.9 Å². The number of hydrogen-bond donors (Lipinski definition) is 2. The van der Waals surface area contributed by atoms with Crippen LogP contribution in [0.15, 0.2) is 36.5 Å². The summed E-state index contributed by atoms with van der Waals surface area (Å²) in [5.74, 6) is -1.29. The number of hydrogen-bond acceptors (Lipinski definition) is 5. The zero-order chi connectivity index (χ0) is 22.1. The summed E-state index contributed by atoms with van der Waals surface area (Å²) in [6.07, 6.45) is 1.30. The van der Waals surface area contributed by atoms with E-state index in [-0.39, 0.29) is 18.1 Å². The minimum atomic E-state index is -0.687. The molecular formula is C21H18FN7O2. The van der Waals surface area contributed by atoms with Crippen molar-refractivity contribution in [2.24, 2.45) is 5.73 Å². The predicted molar refractivity (Wildman–Crippen MR) is 109 cm³/mol. The van der Waals surface area contributed by atoms with Crippen LogP contribution < -0.4 is 11.1 Å². The van der Waals surface area contributed by atoms with Crippen LogP contribution in [-0.4, -0.2) is 38.1 Å². The van der Waals surface area contributed by atoms with E-state index >= 15 is 0 Å². The fourth-order valence-electron chi connectivity index (χ4n) is 3.47. The van der Waals surface area contributed by atoms with Gasteiger partial charge in [-0.3, -0.25) is 9.48 Å². The summed E-state index contributed by atoms with van der Waals surface area (Å²) in [5, 5.41) is 16.1. The van der Waals surface area contributed by atoms with E-state index in [0.29, 0.717) is 46.9 Å². The lowest BCUT2D eigenvalue weighted by Crippen LogP contribution is -2.41. The smallest absolute Gasteiger partial charge is 0.322 e. The number of nitriles is 1. The molecule has 2 aromatic heterocycles. The van der Waals surface area contributed by atoms with Crippen molar-refractivity contribution in [1.82, 2.24) is 19.7 Å². The quantitative estimate of drug-likeness (QED) is 0.630. The van der Waals surface area contributed by atoms with Crippen LogP contribution in [0.2, 0.25) is 0 Å². The van der Waals surface area contributed by atoms with Gasteiger partial charge >= 0.3 is 6.03 Å². The fourth-order valence-corrected chi connectivity index (χ4v) is 3.47. The first-order valence-electron chi connectivity index (χ1n) is 9.45. The Hall–Kier alpha value is -4.26. The average Bonchev–Trinajstić information content (AvgIpc) is 3.15. The van der Waals surface area contributed by atoms with Crippen molar-refractivity contribution >= 4 is 17.6 Å². The van der Waals surface area contributed by atoms with Crippen LogP contribution in [0.1, 0.15) is 27.2 Å². The lowest BCUT2D eigenvalue weighted by atomic mass is 10.0. The highest BCUT2D eigenvalue weighted by Gasteiger charge is 2.30. The summed E-state index contributed by atoms with van der Waals surface area (Å²) in [6, 6.07) is 9.72. The number of nitrogens with zero attached hydrogens (tertiary/aromatic N) is 5. The molecule has 31 heavy (non-hydrogen) atoms. The standard InChI is InChI=1S/C21H18FN7O2/c1-12-8-14(10-25-19(12)22)18-17(20(24)30)16-11-28(6-7-29(16)27-18)21(31)26-15-4-2-13(9-23)3-5-15/h2-5,8,10H,6-7,11H2,1H3,(H2,24,30)(H,26,31). The largest absolute Gasteiger partial charge is 0.365 e. The van der Waals surface area contributed by atoms with Gasteiger partial charge in [-0.25, -0.2) is 9.78 Å². The molecule has 0 spiro atoms. The number of aryl methyl sites for hydroxylation is 1. The van der Waals surface area contributed by atoms with Crippen LogP contribution >= 0.6 is 0 Å². The predicted octanol–water partition coefficient (Wildman–Crippen LogP) is 2.41. The van der Waals surface area contributed by atoms with Gasteiger partial charge in [0.25, 0.3) is 5.91 Å². The maximum absolute atomic E-state index is 13.6. The maximum atomic E-state index is 13.6. The minimum Gasteiger partial charge on any atom is -0.365 e. The van der Waals surface area contributed by atoms with E-state index in [9.17, 15) is 14.0 Å². The normalized spacial score (nSPS) is 12.7. The van der Waals surface area contributed by atoms with Crippen LogP contribution in [0.3, 0.4) is 0 Å². The molecular weight excluding hydrogens is 401 g/mol. The number of halogens is 1. The number of pyridine rings is 1. The highest BCUT2D eigenvalue weighted by atomic mass is 19.1. The third-order valence-electron chi connectivity index (χ3n) is 5.07. The van der Waals surface area contributed by atoms with Crippen molar-refractivity contribution in [3.8, 4) is 17.3 Å². The van der Waals surface area contributed by atoms with Gasteiger partial charge in [-0.15, -0.1) is 0 Å². The molecule has 10 heteroatoms. The summed E-state index contributed by atoms with van der Waals surface area (Å²) in [7, 11) is 0. The van der Waals surface area contributed by atoms with Crippen molar-refractivity contribution in [3.63, 3.8) is 0 Å². The van der Waals surface area contributed by atoms with E-state index in [1.165, 1.54) is 6.20 Å². The SMILES string of the molecule is Cc1cc(-c2nn3c(c2C(N)=O)CN(C(=O)Nc2ccc(C#N)cc2)CC3)cnc1F. The first-order chi connectivity index (χ1) is 14.9. The van der Waals surface area contributed by atoms with Crippen molar-refractivity contribution in [2.75, 3.05) is 11.9 Å². The van der Waals surface area contributed by atoms with Gasteiger partial charge in [0.15, 0.2) is 0 Å². The Labute approximate surface area is 176 Å². The van der Waals surface area contributed by atoms with Gasteiger partial charge < -0.3 is 16.0 Å². The molecule has 156 valence electrons. The van der Waals surface area contributed by atoms with Crippen molar-refractivity contribution in [1.29, 1.82) is 5.26 Å². The van der Waals surface area contributed by atoms with E-state index in [2.05, 4.69) is 15.4 Å². The number of carbonyl (C=O) groups excluding carboxylic acids is 2. The third-order valence-corrected chi connectivity index (χ3v) is 5.07. The number of amides is 3. The highest BCUT2D eigenvalue weighted by molar-refractivity contribution is 6.00. The zero-order valence-corrected chi connectivity index (χ0v) is 16.6. The number of nitrogens with two attached hydrogens (primary N) is 1. The molecule has 1 aliphatic heterocycles. The molecule has 0 atom stereocenters. The lowest BCUT2D eigenvalue weighted by molar-refractivity contribution is 0.0997. The lowest BCUT2D eigenvalue weighted by Gasteiger charge is -2.28. The fraction of sp³-hybridized carbons (Fsp3) is 0.190. The van der Waals surface area contributed by atoms with Crippen LogP contribution in [0.4, 0.5) is 14.9 Å². The molecule has 3 aromatic rings. The Morgan fingerprint density at radius 2 is 2.00 bits per heavy atom. The Morgan fingerprint density at radius 1 is 1.26 bits per heavy atom. The van der Waals surface area contributed by atoms with E-state index in [0.717, 1.165) is 0 Å². The van der Waals surface area contributed by atoms with E-state index in [1.54, 1.807) is 46.8 Å². The topological polar surface area (TPSA) is 130 Å². The number of anilines is 1. The number of primary amides is 1. The number of aromatic nitrogens is 3. The zero-order valence-electron chi connectivity index (χ0n) is 16.6. The highest BCUT2D eigenvalue weighted by Crippen LogP contribution is 2.29. The Morgan fingerprint density at radius 3 is 2.65 bits per heavy atom. The molecule has 0 bridgehead atoms. The Bertz CT molecular complexity index is 1230. The van der Waals surface area contributed by atoms with Gasteiger partial charge in [0.05, 0.1) is 36.0 Å². The molecule has 3 N–H and O–H groups in total. The molecule has 4 rings (SSSR count). The molecule has 0 fully saturated rings. The number of benzene rings is 1. The molecule has 3 heterocycles. The van der Waals surface area contributed by atoms with Gasteiger partial charge in [-0.1, -0.05) is 0 Å². The second-order valence-corrected chi connectivity index (χ2v) is 7.13. The number of urea groups is 1. The molecule has 1 aromatic carbocycles. The second-order valence-electron chi connectivity index (χ2n) is 7.13. The van der Waals surface area contributed by atoms with Crippen molar-refractivity contribution in [2.45, 2.75) is 20.0 Å². The summed E-state index contributed by atoms with van der Waals surface area (Å²) in [5.41, 5.74) is 8.46. The van der Waals surface area contributed by atoms with Crippen LogP contribution in [0.25, 0.3) is 11.3 Å². The molecule has 0 radical (unpaired) electrons. The minimum absolute atomic E-state index is 0.126. The molecule has 3 amide bonds. The summed E-state index contributed by atoms with van der Waals surface area (Å²) in [6.45, 7) is 2.43. The van der Waals surface area contributed by atoms with Crippen LogP contribution in [-0.2, 0) is 13.1 Å². The molecule has 0 saturated heterocycles. The maximum Gasteiger partial charge on any atom is 0.322 e. The summed E-state index contributed by atoms with van der Waals surface area (Å²) >= 11 is 0. The Kier molecular flexibility index (Phi) is 5.09. The van der Waals surface area contributed by atoms with Crippen molar-refractivity contribution < 1.29 is 14.0 Å². The first kappa shape index (κ1) is 20.0. The molecule has 9 nitrogen and oxygen atoms in total. The Balaban J connectivity index is 1.61. The van der Waals surface area contributed by atoms with Crippen molar-refractivity contribution in [3.05, 3.63) is 64.9 Å². The number of rotatable bonds is 3. The van der Waals surface area contributed by atoms with Gasteiger partial charge in [-0.05, 0) is 37.3 Å². The summed E-state index contributed by atoms with van der Waals surface area (Å²) < 4.78 is 15.2. The molecule has 0 saturated carbocycles. The van der Waals surface area contributed by atoms with Gasteiger partial charge in [-0.2, -0.15) is 14.8 Å². The van der Waals surface area contributed by atoms with Crippen LogP contribution in [0.5, 0.6) is 0 Å². The monoisotopic (exact) mass is 419 g/mol. The molecule has 1 aliphatic rings. The number of carbonyl (C=O) groups is 2. The van der Waals surface area contributed by atoms with Gasteiger partial charge in [0, 0.05) is 29.6 Å². The number of fused-ring (bicyclic) bond motifs is 1. The van der Waals surface area contributed by atoms with Gasteiger partial charge in [0.1, 0.15) is 5.69 Å². The third kappa shape index (κ3) is 3.81. The van der Waals surface area contributed by atoms with E-state index in [4.69, 9.17) is 11.0 Å². The molecule has 0 aliphatic carbocycles. The summed E-state index contributed by atoms with van der Waals surface area (Å²) in [4.78, 5) is 30.2.